The lowest BCUT2D eigenvalue weighted by atomic mass is 10.2. The third-order valence-electron chi connectivity index (χ3n) is 4.24. The lowest BCUT2D eigenvalue weighted by Gasteiger charge is -2.28. The second-order valence-corrected chi connectivity index (χ2v) is 7.28. The molecule has 0 bridgehead atoms. The van der Waals surface area contributed by atoms with Gasteiger partial charge in [-0.05, 0) is 19.1 Å². The maximum atomic E-state index is 13.3. The van der Waals surface area contributed by atoms with Crippen LogP contribution in [0.15, 0.2) is 16.5 Å². The van der Waals surface area contributed by atoms with Crippen LogP contribution < -0.4 is 15.1 Å². The van der Waals surface area contributed by atoms with Crippen molar-refractivity contribution in [1.29, 1.82) is 5.41 Å². The summed E-state index contributed by atoms with van der Waals surface area (Å²) in [5, 5.41) is 11.6. The minimum Gasteiger partial charge on any atom is -0.457 e. The Kier molecular flexibility index (Phi) is 5.48. The lowest BCUT2D eigenvalue weighted by Crippen LogP contribution is -2.43. The Morgan fingerprint density at radius 3 is 2.84 bits per heavy atom. The highest BCUT2D eigenvalue weighted by Gasteiger charge is 2.23. The second kappa shape index (κ2) is 7.61. The number of nitrogens with one attached hydrogen (secondary N) is 2. The molecule has 1 saturated heterocycles. The lowest BCUT2D eigenvalue weighted by molar-refractivity contribution is 0.485. The molecule has 1 fully saturated rings. The van der Waals surface area contributed by atoms with Gasteiger partial charge in [0.25, 0.3) is 0 Å². The number of fused-ring (bicyclic) bond motifs is 1. The number of alkyl halides is 1. The number of furan rings is 1. The molecule has 0 amide bonds. The average molecular weight is 365 g/mol. The van der Waals surface area contributed by atoms with Crippen LogP contribution in [0.2, 0.25) is 0 Å². The van der Waals surface area contributed by atoms with E-state index >= 15 is 0 Å². The maximum Gasteiger partial charge on any atom is 0.163 e. The predicted molar refractivity (Wildman–Crippen MR) is 103 cm³/mol. The van der Waals surface area contributed by atoms with E-state index in [9.17, 15) is 4.39 Å². The fourth-order valence-electron chi connectivity index (χ4n) is 2.99. The molecular weight excluding hydrogens is 341 g/mol. The molecule has 3 heterocycles. The van der Waals surface area contributed by atoms with Gasteiger partial charge < -0.3 is 19.5 Å². The van der Waals surface area contributed by atoms with E-state index in [1.165, 1.54) is 6.92 Å². The summed E-state index contributed by atoms with van der Waals surface area (Å²) in [6, 6.07) is 3.91. The molecule has 2 aromatic heterocycles. The Hall–Kier alpha value is -1.80. The van der Waals surface area contributed by atoms with Crippen LogP contribution in [0.4, 0.5) is 15.9 Å². The normalized spacial score (nSPS) is 16.2. The minimum absolute atomic E-state index is 0.141. The highest BCUT2D eigenvalue weighted by molar-refractivity contribution is 8.14. The highest BCUT2D eigenvalue weighted by Crippen LogP contribution is 2.35. The SMILES string of the molecule is CCc1oc2ccc(N3CCNCC3)nc2c1N(C)C(=N)SC(C)F. The number of anilines is 2. The zero-order chi connectivity index (χ0) is 18.0. The van der Waals surface area contributed by atoms with Crippen molar-refractivity contribution < 1.29 is 8.81 Å². The van der Waals surface area contributed by atoms with E-state index in [2.05, 4.69) is 10.2 Å². The molecular formula is C17H24FN5OS. The van der Waals surface area contributed by atoms with Gasteiger partial charge in [-0.2, -0.15) is 0 Å². The van der Waals surface area contributed by atoms with Gasteiger partial charge in [-0.3, -0.25) is 5.41 Å². The van der Waals surface area contributed by atoms with E-state index in [1.54, 1.807) is 11.9 Å². The molecule has 1 aliphatic rings. The fourth-order valence-corrected chi connectivity index (χ4v) is 3.55. The summed E-state index contributed by atoms with van der Waals surface area (Å²) < 4.78 is 19.2. The molecule has 0 aliphatic carbocycles. The van der Waals surface area contributed by atoms with E-state index in [1.807, 2.05) is 19.1 Å². The van der Waals surface area contributed by atoms with Crippen LogP contribution in [0.3, 0.4) is 0 Å². The Morgan fingerprint density at radius 1 is 1.48 bits per heavy atom. The fraction of sp³-hybridized carbons (Fsp3) is 0.529. The van der Waals surface area contributed by atoms with E-state index in [0.29, 0.717) is 12.0 Å². The first-order chi connectivity index (χ1) is 12.0. The van der Waals surface area contributed by atoms with Crippen LogP contribution in [0.1, 0.15) is 19.6 Å². The number of aryl methyl sites for hydroxylation is 1. The molecule has 0 aromatic carbocycles. The monoisotopic (exact) mass is 365 g/mol. The van der Waals surface area contributed by atoms with Gasteiger partial charge in [-0.15, -0.1) is 0 Å². The first-order valence-corrected chi connectivity index (χ1v) is 9.40. The van der Waals surface area contributed by atoms with Gasteiger partial charge >= 0.3 is 0 Å². The number of halogens is 1. The largest absolute Gasteiger partial charge is 0.457 e. The number of hydrogen-bond donors (Lipinski definition) is 2. The molecule has 0 saturated carbocycles. The quantitative estimate of drug-likeness (QED) is 0.640. The van der Waals surface area contributed by atoms with Crippen molar-refractivity contribution in [2.75, 3.05) is 43.0 Å². The van der Waals surface area contributed by atoms with Crippen LogP contribution in [0, 0.1) is 5.41 Å². The van der Waals surface area contributed by atoms with Crippen molar-refractivity contribution in [2.45, 2.75) is 25.8 Å². The molecule has 0 spiro atoms. The van der Waals surface area contributed by atoms with E-state index in [0.717, 1.165) is 60.7 Å². The second-order valence-electron chi connectivity index (χ2n) is 6.01. The first kappa shape index (κ1) is 18.0. The first-order valence-electron chi connectivity index (χ1n) is 8.52. The Morgan fingerprint density at radius 2 is 2.20 bits per heavy atom. The number of pyridine rings is 1. The Labute approximate surface area is 151 Å². The number of thioether (sulfide) groups is 1. The average Bonchev–Trinajstić information content (AvgIpc) is 2.98. The van der Waals surface area contributed by atoms with Gasteiger partial charge in [0, 0.05) is 39.6 Å². The topological polar surface area (TPSA) is 68.4 Å². The van der Waals surface area contributed by atoms with Crippen molar-refractivity contribution >= 4 is 39.5 Å². The zero-order valence-corrected chi connectivity index (χ0v) is 15.6. The summed E-state index contributed by atoms with van der Waals surface area (Å²) >= 11 is 0.875. The standard InChI is InChI=1S/C17H24FN5OS/c1-4-12-16(22(3)17(19)25-11(2)18)15-13(24-12)5-6-14(21-15)23-9-7-20-8-10-23/h5-6,11,19-20H,4,7-10H2,1-3H3. The van der Waals surface area contributed by atoms with E-state index in [-0.39, 0.29) is 5.17 Å². The van der Waals surface area contributed by atoms with Crippen LogP contribution in [0.25, 0.3) is 11.1 Å². The molecule has 6 nitrogen and oxygen atoms in total. The minimum atomic E-state index is -1.14. The Bertz CT molecular complexity index is 757. The summed E-state index contributed by atoms with van der Waals surface area (Å²) in [5.74, 6) is 1.67. The maximum absolute atomic E-state index is 13.3. The van der Waals surface area contributed by atoms with Crippen molar-refractivity contribution in [3.63, 3.8) is 0 Å². The highest BCUT2D eigenvalue weighted by atomic mass is 32.2. The van der Waals surface area contributed by atoms with Gasteiger partial charge in [-0.25, -0.2) is 9.37 Å². The molecule has 1 aliphatic heterocycles. The summed E-state index contributed by atoms with van der Waals surface area (Å²) in [7, 11) is 1.76. The van der Waals surface area contributed by atoms with Crippen molar-refractivity contribution in [2.24, 2.45) is 0 Å². The smallest absolute Gasteiger partial charge is 0.163 e. The number of hydrogen-bond acceptors (Lipinski definition) is 6. The predicted octanol–water partition coefficient (Wildman–Crippen LogP) is 3.22. The number of piperazine rings is 1. The third kappa shape index (κ3) is 3.74. The van der Waals surface area contributed by atoms with Gasteiger partial charge in [0.05, 0.1) is 0 Å². The Balaban J connectivity index is 2.01. The number of rotatable bonds is 4. The van der Waals surface area contributed by atoms with Crippen LogP contribution in [-0.4, -0.2) is 48.9 Å². The summed E-state index contributed by atoms with van der Waals surface area (Å²) in [6.45, 7) is 7.13. The van der Waals surface area contributed by atoms with Gasteiger partial charge in [-0.1, -0.05) is 18.7 Å². The molecule has 0 radical (unpaired) electrons. The molecule has 25 heavy (non-hydrogen) atoms. The molecule has 8 heteroatoms. The number of amidine groups is 1. The van der Waals surface area contributed by atoms with E-state index in [4.69, 9.17) is 14.8 Å². The number of nitrogens with zero attached hydrogens (tertiary/aromatic N) is 3. The van der Waals surface area contributed by atoms with Crippen molar-refractivity contribution in [3.8, 4) is 0 Å². The van der Waals surface area contributed by atoms with Gasteiger partial charge in [0.2, 0.25) is 0 Å². The van der Waals surface area contributed by atoms with Crippen LogP contribution in [-0.2, 0) is 6.42 Å². The summed E-state index contributed by atoms with van der Waals surface area (Å²) in [4.78, 5) is 8.72. The number of aromatic nitrogens is 1. The zero-order valence-electron chi connectivity index (χ0n) is 14.8. The molecule has 136 valence electrons. The molecule has 3 rings (SSSR count). The van der Waals surface area contributed by atoms with Crippen molar-refractivity contribution in [1.82, 2.24) is 10.3 Å². The van der Waals surface area contributed by atoms with E-state index < -0.39 is 5.50 Å². The van der Waals surface area contributed by atoms with Gasteiger partial charge in [0.15, 0.2) is 10.8 Å². The molecule has 1 atom stereocenters. The third-order valence-corrected chi connectivity index (χ3v) is 5.06. The van der Waals surface area contributed by atoms with Gasteiger partial charge in [0.1, 0.15) is 28.3 Å². The van der Waals surface area contributed by atoms with Crippen LogP contribution in [0.5, 0.6) is 0 Å². The summed E-state index contributed by atoms with van der Waals surface area (Å²) in [6.07, 6.45) is 0.683. The molecule has 1 unspecified atom stereocenters. The molecule has 2 N–H and O–H groups in total. The summed E-state index contributed by atoms with van der Waals surface area (Å²) in [5.41, 5.74) is 1.05. The van der Waals surface area contributed by atoms with Crippen molar-refractivity contribution in [3.05, 3.63) is 17.9 Å². The van der Waals surface area contributed by atoms with Crippen LogP contribution >= 0.6 is 11.8 Å². The molecule has 2 aromatic rings.